The lowest BCUT2D eigenvalue weighted by Gasteiger charge is -2.41. The molecule has 1 saturated carbocycles. The lowest BCUT2D eigenvalue weighted by molar-refractivity contribution is -0.151. The number of esters is 1. The molecule has 0 aromatic heterocycles. The lowest BCUT2D eigenvalue weighted by atomic mass is 9.91. The highest BCUT2D eigenvalue weighted by Crippen LogP contribution is 2.41. The van der Waals surface area contributed by atoms with E-state index in [0.717, 1.165) is 32.5 Å². The molecule has 1 aliphatic carbocycles. The minimum atomic E-state index is -0.520. The third kappa shape index (κ3) is 3.76. The van der Waals surface area contributed by atoms with Crippen LogP contribution in [0.15, 0.2) is 0 Å². The highest BCUT2D eigenvalue weighted by molar-refractivity contribution is 5.82. The molecule has 1 N–H and O–H groups in total. The van der Waals surface area contributed by atoms with Crippen molar-refractivity contribution in [2.24, 2.45) is 5.92 Å². The fourth-order valence-corrected chi connectivity index (χ4v) is 3.73. The average Bonchev–Trinajstić information content (AvgIpc) is 3.30. The van der Waals surface area contributed by atoms with Crippen LogP contribution in [0.2, 0.25) is 0 Å². The molecule has 0 bridgehead atoms. The fourth-order valence-electron chi connectivity index (χ4n) is 3.73. The second-order valence-corrected chi connectivity index (χ2v) is 6.74. The fraction of sp³-hybridized carbons (Fsp3) is 0.938. The predicted molar refractivity (Wildman–Crippen MR) is 84.3 cm³/mol. The summed E-state index contributed by atoms with van der Waals surface area (Å²) in [5, 5.41) is 3.46. The van der Waals surface area contributed by atoms with Crippen molar-refractivity contribution >= 4 is 5.97 Å². The van der Waals surface area contributed by atoms with E-state index in [1.807, 2.05) is 0 Å². The first-order chi connectivity index (χ1) is 10.0. The van der Waals surface area contributed by atoms with Crippen LogP contribution in [0, 0.1) is 5.92 Å². The maximum atomic E-state index is 12.5. The minimum Gasteiger partial charge on any atom is -0.468 e. The van der Waals surface area contributed by atoms with E-state index in [1.54, 1.807) is 0 Å². The maximum Gasteiger partial charge on any atom is 0.327 e. The molecule has 2 aliphatic rings. The molecule has 5 heteroatoms. The van der Waals surface area contributed by atoms with Gasteiger partial charge in [-0.1, -0.05) is 6.92 Å². The van der Waals surface area contributed by atoms with Crippen LogP contribution in [-0.4, -0.2) is 74.7 Å². The highest BCUT2D eigenvalue weighted by Gasteiger charge is 2.52. The van der Waals surface area contributed by atoms with Gasteiger partial charge in [-0.3, -0.25) is 4.90 Å². The van der Waals surface area contributed by atoms with Gasteiger partial charge in [0.25, 0.3) is 0 Å². The van der Waals surface area contributed by atoms with Crippen LogP contribution < -0.4 is 5.32 Å². The molecular formula is C16H31N3O2. The van der Waals surface area contributed by atoms with Gasteiger partial charge in [-0.25, -0.2) is 4.79 Å². The Kier molecular flexibility index (Phi) is 5.63. The van der Waals surface area contributed by atoms with Crippen molar-refractivity contribution in [2.75, 3.05) is 47.4 Å². The lowest BCUT2D eigenvalue weighted by Crippen LogP contribution is -2.62. The van der Waals surface area contributed by atoms with Gasteiger partial charge in [0.05, 0.1) is 7.11 Å². The summed E-state index contributed by atoms with van der Waals surface area (Å²) in [6, 6.07) is 0.533. The van der Waals surface area contributed by atoms with Crippen LogP contribution in [-0.2, 0) is 9.53 Å². The number of carbonyl (C=O) groups is 1. The number of hydrogen-bond donors (Lipinski definition) is 1. The predicted octanol–water partition coefficient (Wildman–Crippen LogP) is 0.944. The second-order valence-electron chi connectivity index (χ2n) is 6.74. The van der Waals surface area contributed by atoms with Gasteiger partial charge in [0.15, 0.2) is 0 Å². The first-order valence-corrected chi connectivity index (χ1v) is 8.25. The molecule has 2 atom stereocenters. The van der Waals surface area contributed by atoms with Crippen LogP contribution in [0.1, 0.15) is 32.6 Å². The van der Waals surface area contributed by atoms with Crippen LogP contribution in [0.3, 0.4) is 0 Å². The Balaban J connectivity index is 2.08. The van der Waals surface area contributed by atoms with E-state index in [1.165, 1.54) is 26.5 Å². The first-order valence-electron chi connectivity index (χ1n) is 8.25. The third-order valence-electron chi connectivity index (χ3n) is 5.04. The summed E-state index contributed by atoms with van der Waals surface area (Å²) in [5.74, 6) is 0.330. The summed E-state index contributed by atoms with van der Waals surface area (Å²) in [6.45, 7) is 5.88. The Bertz CT molecular complexity index is 359. The van der Waals surface area contributed by atoms with E-state index >= 15 is 0 Å². The molecule has 5 nitrogen and oxygen atoms in total. The zero-order valence-electron chi connectivity index (χ0n) is 14.0. The van der Waals surface area contributed by atoms with Gasteiger partial charge < -0.3 is 15.0 Å². The number of nitrogens with zero attached hydrogens (tertiary/aromatic N) is 2. The van der Waals surface area contributed by atoms with Crippen molar-refractivity contribution in [3.05, 3.63) is 0 Å². The van der Waals surface area contributed by atoms with E-state index in [9.17, 15) is 4.79 Å². The molecule has 0 aromatic carbocycles. The number of ether oxygens (including phenoxy) is 1. The van der Waals surface area contributed by atoms with Crippen molar-refractivity contribution in [1.29, 1.82) is 0 Å². The smallest absolute Gasteiger partial charge is 0.327 e. The molecule has 1 aliphatic heterocycles. The molecule has 0 radical (unpaired) electrons. The topological polar surface area (TPSA) is 44.8 Å². The molecular weight excluding hydrogens is 266 g/mol. The summed E-state index contributed by atoms with van der Waals surface area (Å²) >= 11 is 0. The summed E-state index contributed by atoms with van der Waals surface area (Å²) < 4.78 is 5.14. The Labute approximate surface area is 129 Å². The Hall–Kier alpha value is -0.650. The Morgan fingerprint density at radius 2 is 2.14 bits per heavy atom. The number of nitrogens with one attached hydrogen (secondary N) is 1. The number of likely N-dealkylation sites (tertiary alicyclic amines) is 1. The quantitative estimate of drug-likeness (QED) is 0.709. The first kappa shape index (κ1) is 16.7. The summed E-state index contributed by atoms with van der Waals surface area (Å²) in [7, 11) is 5.84. The SMILES string of the molecule is CCNC(CN(C)C1CCCN(C)C1)(C(=O)OC)C1CC1. The van der Waals surface area contributed by atoms with Crippen molar-refractivity contribution in [1.82, 2.24) is 15.1 Å². The zero-order valence-corrected chi connectivity index (χ0v) is 14.0. The molecule has 21 heavy (non-hydrogen) atoms. The Morgan fingerprint density at radius 3 is 2.67 bits per heavy atom. The molecule has 1 saturated heterocycles. The zero-order chi connectivity index (χ0) is 15.5. The van der Waals surface area contributed by atoms with Gasteiger partial charge in [-0.05, 0) is 58.8 Å². The van der Waals surface area contributed by atoms with Crippen molar-refractivity contribution in [3.8, 4) is 0 Å². The summed E-state index contributed by atoms with van der Waals surface area (Å²) in [4.78, 5) is 17.2. The monoisotopic (exact) mass is 297 g/mol. The number of carbonyl (C=O) groups excluding carboxylic acids is 1. The molecule has 2 unspecified atom stereocenters. The molecule has 0 aromatic rings. The third-order valence-corrected chi connectivity index (χ3v) is 5.04. The number of likely N-dealkylation sites (N-methyl/N-ethyl adjacent to an activating group) is 3. The van der Waals surface area contributed by atoms with E-state index in [2.05, 4.69) is 36.1 Å². The standard InChI is InChI=1S/C16H31N3O2/c1-5-17-16(13-8-9-13,15(20)21-4)12-19(3)14-7-6-10-18(2)11-14/h13-14,17H,5-12H2,1-4H3. The van der Waals surface area contributed by atoms with Crippen molar-refractivity contribution < 1.29 is 9.53 Å². The number of hydrogen-bond acceptors (Lipinski definition) is 5. The largest absolute Gasteiger partial charge is 0.468 e. The van der Waals surface area contributed by atoms with Crippen LogP contribution >= 0.6 is 0 Å². The van der Waals surface area contributed by atoms with Gasteiger partial charge in [-0.2, -0.15) is 0 Å². The molecule has 0 amide bonds. The van der Waals surface area contributed by atoms with Crippen molar-refractivity contribution in [2.45, 2.75) is 44.2 Å². The van der Waals surface area contributed by atoms with E-state index in [-0.39, 0.29) is 5.97 Å². The van der Waals surface area contributed by atoms with Crippen LogP contribution in [0.5, 0.6) is 0 Å². The molecule has 122 valence electrons. The van der Waals surface area contributed by atoms with E-state index < -0.39 is 5.54 Å². The van der Waals surface area contributed by atoms with Gasteiger partial charge >= 0.3 is 5.97 Å². The van der Waals surface area contributed by atoms with Gasteiger partial charge in [0.2, 0.25) is 0 Å². The second kappa shape index (κ2) is 7.07. The number of methoxy groups -OCH3 is 1. The maximum absolute atomic E-state index is 12.5. The Morgan fingerprint density at radius 1 is 1.43 bits per heavy atom. The molecule has 2 rings (SSSR count). The summed E-state index contributed by atoms with van der Waals surface area (Å²) in [6.07, 6.45) is 4.71. The summed E-state index contributed by atoms with van der Waals surface area (Å²) in [5.41, 5.74) is -0.520. The van der Waals surface area contributed by atoms with E-state index in [4.69, 9.17) is 4.74 Å². The molecule has 1 heterocycles. The van der Waals surface area contributed by atoms with Gasteiger partial charge in [0, 0.05) is 19.1 Å². The van der Waals surface area contributed by atoms with Crippen LogP contribution in [0.4, 0.5) is 0 Å². The number of piperidine rings is 1. The molecule has 2 fully saturated rings. The van der Waals surface area contributed by atoms with Crippen LogP contribution in [0.25, 0.3) is 0 Å². The van der Waals surface area contributed by atoms with Crippen molar-refractivity contribution in [3.63, 3.8) is 0 Å². The highest BCUT2D eigenvalue weighted by atomic mass is 16.5. The minimum absolute atomic E-state index is 0.0946. The van der Waals surface area contributed by atoms with Gasteiger partial charge in [0.1, 0.15) is 5.54 Å². The number of rotatable bonds is 7. The van der Waals surface area contributed by atoms with Gasteiger partial charge in [-0.15, -0.1) is 0 Å². The molecule has 0 spiro atoms. The average molecular weight is 297 g/mol. The van der Waals surface area contributed by atoms with E-state index in [0.29, 0.717) is 12.0 Å². The normalized spacial score (nSPS) is 26.6.